The zero-order chi connectivity index (χ0) is 16.7. The highest BCUT2D eigenvalue weighted by Crippen LogP contribution is 2.24. The molecule has 0 saturated heterocycles. The molecular weight excluding hydrogens is 292 g/mol. The minimum atomic E-state index is -0.456. The third-order valence-electron chi connectivity index (χ3n) is 3.56. The summed E-state index contributed by atoms with van der Waals surface area (Å²) in [5.41, 5.74) is 1.89. The van der Waals surface area contributed by atoms with Crippen LogP contribution in [-0.2, 0) is 6.54 Å². The van der Waals surface area contributed by atoms with Gasteiger partial charge >= 0.3 is 0 Å². The van der Waals surface area contributed by atoms with Crippen molar-refractivity contribution in [3.63, 3.8) is 0 Å². The predicted molar refractivity (Wildman–Crippen MR) is 91.0 cm³/mol. The van der Waals surface area contributed by atoms with E-state index in [9.17, 15) is 5.11 Å². The van der Waals surface area contributed by atoms with E-state index in [2.05, 4.69) is 10.6 Å². The van der Waals surface area contributed by atoms with Crippen molar-refractivity contribution in [3.8, 4) is 11.3 Å². The molecule has 5 nitrogen and oxygen atoms in total. The molecule has 0 spiro atoms. The molecule has 2 atom stereocenters. The van der Waals surface area contributed by atoms with Gasteiger partial charge in [-0.3, -0.25) is 0 Å². The zero-order valence-electron chi connectivity index (χ0n) is 13.7. The molecule has 0 amide bonds. The standard InChI is InChI=1S/C18H26N2O3/c1-13(21)11-19-9-10-20-12-17-7-8-18(23-17)16-5-3-15(4-6-16)14(2)22/h3-8,13-14,19-22H,9-12H2,1-2H3/t13-,14-/m1/s1. The fraction of sp³-hybridized carbons (Fsp3) is 0.444. The van der Waals surface area contributed by atoms with E-state index in [1.54, 1.807) is 13.8 Å². The lowest BCUT2D eigenvalue weighted by Crippen LogP contribution is -2.31. The van der Waals surface area contributed by atoms with Crippen LogP contribution in [0.1, 0.15) is 31.3 Å². The van der Waals surface area contributed by atoms with Gasteiger partial charge < -0.3 is 25.3 Å². The molecule has 0 aliphatic carbocycles. The molecular formula is C18H26N2O3. The molecule has 1 heterocycles. The molecule has 1 aromatic heterocycles. The third-order valence-corrected chi connectivity index (χ3v) is 3.56. The lowest BCUT2D eigenvalue weighted by Gasteiger charge is -2.07. The van der Waals surface area contributed by atoms with Crippen molar-refractivity contribution in [2.75, 3.05) is 19.6 Å². The van der Waals surface area contributed by atoms with Crippen LogP contribution in [0.15, 0.2) is 40.8 Å². The summed E-state index contributed by atoms with van der Waals surface area (Å²) in [5, 5.41) is 25.1. The molecule has 0 unspecified atom stereocenters. The van der Waals surface area contributed by atoms with Gasteiger partial charge in [-0.1, -0.05) is 24.3 Å². The van der Waals surface area contributed by atoms with E-state index >= 15 is 0 Å². The van der Waals surface area contributed by atoms with Gasteiger partial charge in [-0.2, -0.15) is 0 Å². The molecule has 0 aliphatic heterocycles. The van der Waals surface area contributed by atoms with E-state index in [-0.39, 0.29) is 6.10 Å². The highest BCUT2D eigenvalue weighted by molar-refractivity contribution is 5.58. The third kappa shape index (κ3) is 5.80. The molecule has 0 fully saturated rings. The van der Waals surface area contributed by atoms with Crippen LogP contribution >= 0.6 is 0 Å². The average Bonchev–Trinajstić information content (AvgIpc) is 2.99. The quantitative estimate of drug-likeness (QED) is 0.532. The summed E-state index contributed by atoms with van der Waals surface area (Å²) in [6.07, 6.45) is -0.773. The first-order valence-corrected chi connectivity index (χ1v) is 8.03. The number of aliphatic hydroxyl groups is 2. The maximum absolute atomic E-state index is 9.53. The van der Waals surface area contributed by atoms with Crippen LogP contribution in [0.25, 0.3) is 11.3 Å². The van der Waals surface area contributed by atoms with Crippen LogP contribution in [0, 0.1) is 0 Å². The van der Waals surface area contributed by atoms with Crippen molar-refractivity contribution in [2.24, 2.45) is 0 Å². The average molecular weight is 318 g/mol. The Balaban J connectivity index is 1.79. The molecule has 2 aromatic rings. The Morgan fingerprint density at radius 3 is 2.30 bits per heavy atom. The summed E-state index contributed by atoms with van der Waals surface area (Å²) in [7, 11) is 0. The summed E-state index contributed by atoms with van der Waals surface area (Å²) < 4.78 is 5.83. The Morgan fingerprint density at radius 2 is 1.65 bits per heavy atom. The van der Waals surface area contributed by atoms with E-state index in [1.165, 1.54) is 0 Å². The van der Waals surface area contributed by atoms with Gasteiger partial charge in [0.1, 0.15) is 11.5 Å². The van der Waals surface area contributed by atoms with Crippen molar-refractivity contribution in [3.05, 3.63) is 47.7 Å². The number of furan rings is 1. The molecule has 126 valence electrons. The van der Waals surface area contributed by atoms with Crippen molar-refractivity contribution in [1.29, 1.82) is 0 Å². The molecule has 1 aromatic carbocycles. The number of benzene rings is 1. The van der Waals surface area contributed by atoms with Gasteiger partial charge in [-0.15, -0.1) is 0 Å². The molecule has 23 heavy (non-hydrogen) atoms. The fourth-order valence-corrected chi connectivity index (χ4v) is 2.25. The monoisotopic (exact) mass is 318 g/mol. The maximum Gasteiger partial charge on any atom is 0.134 e. The van der Waals surface area contributed by atoms with Gasteiger partial charge in [0.05, 0.1) is 18.8 Å². The Kier molecular flexibility index (Phi) is 6.80. The second-order valence-electron chi connectivity index (χ2n) is 5.79. The van der Waals surface area contributed by atoms with Gasteiger partial charge in [-0.25, -0.2) is 0 Å². The van der Waals surface area contributed by atoms with Crippen molar-refractivity contribution in [2.45, 2.75) is 32.6 Å². The lowest BCUT2D eigenvalue weighted by molar-refractivity contribution is 0.191. The van der Waals surface area contributed by atoms with Crippen LogP contribution in [-0.4, -0.2) is 36.0 Å². The number of hydrogen-bond donors (Lipinski definition) is 4. The number of nitrogens with one attached hydrogen (secondary N) is 2. The minimum Gasteiger partial charge on any atom is -0.460 e. The molecule has 0 radical (unpaired) electrons. The molecule has 4 N–H and O–H groups in total. The Morgan fingerprint density at radius 1 is 0.957 bits per heavy atom. The first kappa shape index (κ1) is 17.7. The minimum absolute atomic E-state index is 0.317. The molecule has 2 rings (SSSR count). The van der Waals surface area contributed by atoms with E-state index in [1.807, 2.05) is 36.4 Å². The number of rotatable bonds is 9. The SMILES string of the molecule is C[C@@H](O)CNCCNCc1ccc(-c2ccc([C@@H](C)O)cc2)o1. The van der Waals surface area contributed by atoms with Crippen molar-refractivity contribution < 1.29 is 14.6 Å². The highest BCUT2D eigenvalue weighted by atomic mass is 16.3. The van der Waals surface area contributed by atoms with Gasteiger partial charge in [0, 0.05) is 25.2 Å². The highest BCUT2D eigenvalue weighted by Gasteiger charge is 2.06. The fourth-order valence-electron chi connectivity index (χ4n) is 2.25. The van der Waals surface area contributed by atoms with Crippen LogP contribution in [0.2, 0.25) is 0 Å². The molecule has 0 bridgehead atoms. The summed E-state index contributed by atoms with van der Waals surface area (Å²) >= 11 is 0. The summed E-state index contributed by atoms with van der Waals surface area (Å²) in [6.45, 7) is 6.41. The van der Waals surface area contributed by atoms with Crippen LogP contribution in [0.4, 0.5) is 0 Å². The van der Waals surface area contributed by atoms with Crippen LogP contribution in [0.3, 0.4) is 0 Å². The summed E-state index contributed by atoms with van der Waals surface area (Å²) in [6, 6.07) is 11.7. The maximum atomic E-state index is 9.53. The zero-order valence-corrected chi connectivity index (χ0v) is 13.7. The number of aliphatic hydroxyl groups excluding tert-OH is 2. The van der Waals surface area contributed by atoms with Crippen LogP contribution < -0.4 is 10.6 Å². The predicted octanol–water partition coefficient (Wildman–Crippen LogP) is 2.06. The molecule has 5 heteroatoms. The Labute approximate surface area is 137 Å². The Bertz CT molecular complexity index is 576. The number of hydrogen-bond acceptors (Lipinski definition) is 5. The van der Waals surface area contributed by atoms with Gasteiger partial charge in [0.2, 0.25) is 0 Å². The van der Waals surface area contributed by atoms with E-state index in [0.717, 1.165) is 35.7 Å². The van der Waals surface area contributed by atoms with Gasteiger partial charge in [0.25, 0.3) is 0 Å². The topological polar surface area (TPSA) is 77.7 Å². The largest absolute Gasteiger partial charge is 0.460 e. The van der Waals surface area contributed by atoms with E-state index < -0.39 is 6.10 Å². The molecule has 0 saturated carbocycles. The van der Waals surface area contributed by atoms with E-state index in [0.29, 0.717) is 13.1 Å². The second kappa shape index (κ2) is 8.84. The smallest absolute Gasteiger partial charge is 0.134 e. The van der Waals surface area contributed by atoms with Crippen molar-refractivity contribution >= 4 is 0 Å². The van der Waals surface area contributed by atoms with Crippen molar-refractivity contribution in [1.82, 2.24) is 10.6 Å². The Hall–Kier alpha value is -1.66. The van der Waals surface area contributed by atoms with E-state index in [4.69, 9.17) is 9.52 Å². The summed E-state index contributed by atoms with van der Waals surface area (Å²) in [5.74, 6) is 1.71. The molecule has 0 aliphatic rings. The normalized spacial score (nSPS) is 13.9. The van der Waals surface area contributed by atoms with Gasteiger partial charge in [0.15, 0.2) is 0 Å². The van der Waals surface area contributed by atoms with Gasteiger partial charge in [-0.05, 0) is 31.5 Å². The van der Waals surface area contributed by atoms with Crippen LogP contribution in [0.5, 0.6) is 0 Å². The first-order chi connectivity index (χ1) is 11.1. The lowest BCUT2D eigenvalue weighted by atomic mass is 10.1. The second-order valence-corrected chi connectivity index (χ2v) is 5.79. The summed E-state index contributed by atoms with van der Waals surface area (Å²) in [4.78, 5) is 0. The first-order valence-electron chi connectivity index (χ1n) is 8.03.